The smallest absolute Gasteiger partial charge is 0.331 e. The predicted octanol–water partition coefficient (Wildman–Crippen LogP) is 2.46. The monoisotopic (exact) mass is 367 g/mol. The van der Waals surface area contributed by atoms with Gasteiger partial charge in [0.15, 0.2) is 6.04 Å². The number of nitrogens with zero attached hydrogens (tertiary/aromatic N) is 1. The minimum Gasteiger partial charge on any atom is -0.497 e. The molecule has 0 aromatic heterocycles. The van der Waals surface area contributed by atoms with E-state index in [0.29, 0.717) is 30.7 Å². The van der Waals surface area contributed by atoms with Crippen molar-refractivity contribution in [1.29, 1.82) is 0 Å². The SMILES string of the molecule is COc1ccc2c(c1)CC(C(=O)N1CCc3ccccc3C1C(=O)O)CO2. The quantitative estimate of drug-likeness (QED) is 0.902. The molecule has 0 bridgehead atoms. The van der Waals surface area contributed by atoms with Gasteiger partial charge in [-0.15, -0.1) is 0 Å². The van der Waals surface area contributed by atoms with E-state index in [9.17, 15) is 14.7 Å². The molecule has 2 atom stereocenters. The highest BCUT2D eigenvalue weighted by Crippen LogP contribution is 2.35. The topological polar surface area (TPSA) is 76.1 Å². The summed E-state index contributed by atoms with van der Waals surface area (Å²) in [6.45, 7) is 0.650. The Morgan fingerprint density at radius 1 is 1.19 bits per heavy atom. The Bertz CT molecular complexity index is 894. The molecular formula is C21H21NO5. The number of hydrogen-bond donors (Lipinski definition) is 1. The van der Waals surface area contributed by atoms with Crippen LogP contribution in [0.2, 0.25) is 0 Å². The third kappa shape index (κ3) is 3.12. The van der Waals surface area contributed by atoms with Gasteiger partial charge in [-0.25, -0.2) is 4.79 Å². The van der Waals surface area contributed by atoms with Crippen molar-refractivity contribution in [2.75, 3.05) is 20.3 Å². The van der Waals surface area contributed by atoms with Crippen LogP contribution in [0.15, 0.2) is 42.5 Å². The first-order chi connectivity index (χ1) is 13.1. The Kier molecular flexibility index (Phi) is 4.48. The second-order valence-electron chi connectivity index (χ2n) is 6.91. The molecule has 2 unspecified atom stereocenters. The van der Waals surface area contributed by atoms with E-state index in [-0.39, 0.29) is 12.5 Å². The Hall–Kier alpha value is -3.02. The number of carboxylic acid groups (broad SMARTS) is 1. The van der Waals surface area contributed by atoms with E-state index in [0.717, 1.165) is 16.9 Å². The zero-order valence-corrected chi connectivity index (χ0v) is 15.1. The molecule has 0 fully saturated rings. The molecule has 1 amide bonds. The largest absolute Gasteiger partial charge is 0.497 e. The van der Waals surface area contributed by atoms with Crippen molar-refractivity contribution in [3.63, 3.8) is 0 Å². The molecule has 2 aromatic rings. The highest BCUT2D eigenvalue weighted by atomic mass is 16.5. The van der Waals surface area contributed by atoms with Gasteiger partial charge in [-0.1, -0.05) is 24.3 Å². The highest BCUT2D eigenvalue weighted by Gasteiger charge is 2.39. The summed E-state index contributed by atoms with van der Waals surface area (Å²) in [7, 11) is 1.59. The fourth-order valence-electron chi connectivity index (χ4n) is 3.96. The van der Waals surface area contributed by atoms with E-state index in [1.165, 1.54) is 4.90 Å². The number of carbonyl (C=O) groups excluding carboxylic acids is 1. The lowest BCUT2D eigenvalue weighted by Crippen LogP contribution is -2.48. The van der Waals surface area contributed by atoms with Gasteiger partial charge in [0.1, 0.15) is 18.1 Å². The second-order valence-corrected chi connectivity index (χ2v) is 6.91. The van der Waals surface area contributed by atoms with Gasteiger partial charge in [-0.3, -0.25) is 4.79 Å². The van der Waals surface area contributed by atoms with Gasteiger partial charge >= 0.3 is 5.97 Å². The summed E-state index contributed by atoms with van der Waals surface area (Å²) in [5.74, 6) is -0.129. The molecule has 6 nitrogen and oxygen atoms in total. The van der Waals surface area contributed by atoms with E-state index < -0.39 is 17.9 Å². The molecule has 2 aromatic carbocycles. The number of methoxy groups -OCH3 is 1. The van der Waals surface area contributed by atoms with Crippen molar-refractivity contribution in [2.24, 2.45) is 5.92 Å². The summed E-state index contributed by atoms with van der Waals surface area (Å²) >= 11 is 0. The van der Waals surface area contributed by atoms with E-state index in [4.69, 9.17) is 9.47 Å². The van der Waals surface area contributed by atoms with Crippen LogP contribution >= 0.6 is 0 Å². The van der Waals surface area contributed by atoms with Crippen LogP contribution in [0.1, 0.15) is 22.7 Å². The summed E-state index contributed by atoms with van der Waals surface area (Å²) < 4.78 is 11.0. The number of carboxylic acids is 1. The van der Waals surface area contributed by atoms with E-state index >= 15 is 0 Å². The van der Waals surface area contributed by atoms with Crippen LogP contribution < -0.4 is 9.47 Å². The lowest BCUT2D eigenvalue weighted by Gasteiger charge is -2.37. The van der Waals surface area contributed by atoms with E-state index in [1.807, 2.05) is 36.4 Å². The molecule has 2 aliphatic heterocycles. The lowest BCUT2D eigenvalue weighted by atomic mass is 9.89. The number of amides is 1. The first kappa shape index (κ1) is 17.4. The van der Waals surface area contributed by atoms with Crippen LogP contribution in [0.3, 0.4) is 0 Å². The zero-order valence-electron chi connectivity index (χ0n) is 15.1. The number of hydrogen-bond acceptors (Lipinski definition) is 4. The maximum atomic E-state index is 13.2. The normalized spacial score (nSPS) is 20.9. The summed E-state index contributed by atoms with van der Waals surface area (Å²) in [5.41, 5.74) is 2.59. The van der Waals surface area contributed by atoms with Crippen molar-refractivity contribution in [1.82, 2.24) is 4.90 Å². The fraction of sp³-hybridized carbons (Fsp3) is 0.333. The summed E-state index contributed by atoms with van der Waals surface area (Å²) in [6.07, 6.45) is 1.17. The molecule has 140 valence electrons. The average molecular weight is 367 g/mol. The first-order valence-corrected chi connectivity index (χ1v) is 8.99. The van der Waals surface area contributed by atoms with Gasteiger partial charge in [0.05, 0.1) is 13.0 Å². The lowest BCUT2D eigenvalue weighted by molar-refractivity contribution is -0.153. The van der Waals surface area contributed by atoms with Crippen molar-refractivity contribution in [3.8, 4) is 11.5 Å². The van der Waals surface area contributed by atoms with Crippen LogP contribution in [0.5, 0.6) is 11.5 Å². The van der Waals surface area contributed by atoms with Crippen molar-refractivity contribution >= 4 is 11.9 Å². The van der Waals surface area contributed by atoms with Gasteiger partial charge in [0.2, 0.25) is 5.91 Å². The minimum absolute atomic E-state index is 0.176. The Balaban J connectivity index is 1.60. The first-order valence-electron chi connectivity index (χ1n) is 8.99. The van der Waals surface area contributed by atoms with Crippen LogP contribution in [0.25, 0.3) is 0 Å². The molecule has 6 heteroatoms. The average Bonchev–Trinajstić information content (AvgIpc) is 2.71. The number of ether oxygens (including phenoxy) is 2. The molecule has 2 aliphatic rings. The molecule has 0 spiro atoms. The standard InChI is InChI=1S/C21H21NO5/c1-26-16-6-7-18-14(11-16)10-15(12-27-18)20(23)22-9-8-13-4-2-3-5-17(13)19(22)21(24)25/h2-7,11,15,19H,8-10,12H2,1H3,(H,24,25). The summed E-state index contributed by atoms with van der Waals surface area (Å²) in [6, 6.07) is 12.0. The Labute approximate surface area is 157 Å². The third-order valence-electron chi connectivity index (χ3n) is 5.32. The minimum atomic E-state index is -1.01. The number of benzene rings is 2. The predicted molar refractivity (Wildman–Crippen MR) is 97.9 cm³/mol. The number of aliphatic carboxylic acids is 1. The van der Waals surface area contributed by atoms with E-state index in [1.54, 1.807) is 13.2 Å². The van der Waals surface area contributed by atoms with Crippen molar-refractivity contribution in [2.45, 2.75) is 18.9 Å². The van der Waals surface area contributed by atoms with Gasteiger partial charge in [0, 0.05) is 6.54 Å². The summed E-state index contributed by atoms with van der Waals surface area (Å²) in [5, 5.41) is 9.79. The highest BCUT2D eigenvalue weighted by molar-refractivity contribution is 5.87. The van der Waals surface area contributed by atoms with Crippen molar-refractivity contribution in [3.05, 3.63) is 59.2 Å². The molecule has 27 heavy (non-hydrogen) atoms. The van der Waals surface area contributed by atoms with Gasteiger partial charge in [0.25, 0.3) is 0 Å². The molecule has 2 heterocycles. The van der Waals surface area contributed by atoms with Gasteiger partial charge in [-0.05, 0) is 47.7 Å². The van der Waals surface area contributed by atoms with E-state index in [2.05, 4.69) is 0 Å². The molecule has 4 rings (SSSR count). The van der Waals surface area contributed by atoms with Crippen LogP contribution in [0.4, 0.5) is 0 Å². The van der Waals surface area contributed by atoms with Crippen LogP contribution in [-0.4, -0.2) is 42.1 Å². The molecule has 0 saturated heterocycles. The Morgan fingerprint density at radius 2 is 2.00 bits per heavy atom. The number of fused-ring (bicyclic) bond motifs is 2. The Morgan fingerprint density at radius 3 is 2.78 bits per heavy atom. The summed E-state index contributed by atoms with van der Waals surface area (Å²) in [4.78, 5) is 26.6. The van der Waals surface area contributed by atoms with Crippen LogP contribution in [0, 0.1) is 5.92 Å². The molecule has 0 radical (unpaired) electrons. The zero-order chi connectivity index (χ0) is 19.0. The number of rotatable bonds is 3. The molecule has 0 saturated carbocycles. The maximum Gasteiger partial charge on any atom is 0.331 e. The second kappa shape index (κ2) is 6.95. The molecule has 1 N–H and O–H groups in total. The van der Waals surface area contributed by atoms with Gasteiger partial charge < -0.3 is 19.5 Å². The number of carbonyl (C=O) groups is 2. The fourth-order valence-corrected chi connectivity index (χ4v) is 3.96. The molecular weight excluding hydrogens is 346 g/mol. The van der Waals surface area contributed by atoms with Crippen molar-refractivity contribution < 1.29 is 24.2 Å². The maximum absolute atomic E-state index is 13.2. The third-order valence-corrected chi connectivity index (χ3v) is 5.32. The van der Waals surface area contributed by atoms with Gasteiger partial charge in [-0.2, -0.15) is 0 Å². The molecule has 0 aliphatic carbocycles. The van der Waals surface area contributed by atoms with Crippen LogP contribution in [-0.2, 0) is 22.4 Å².